The number of esters is 1. The van der Waals surface area contributed by atoms with Crippen molar-refractivity contribution in [3.05, 3.63) is 89.0 Å². The van der Waals surface area contributed by atoms with E-state index < -0.39 is 57.9 Å². The Hall–Kier alpha value is -5.10. The van der Waals surface area contributed by atoms with Crippen LogP contribution in [0.5, 0.6) is 51.7 Å². The van der Waals surface area contributed by atoms with Gasteiger partial charge in [0.1, 0.15) is 17.2 Å². The number of carbonyl (C=O) groups excluding carboxylic acids is 1. The molecule has 1 heterocycles. The fraction of sp³-hybridized carbons (Fsp3) is 0.138. The van der Waals surface area contributed by atoms with E-state index in [0.717, 1.165) is 35.9 Å². The third-order valence-electron chi connectivity index (χ3n) is 6.48. The van der Waals surface area contributed by atoms with Gasteiger partial charge in [0.2, 0.25) is 0 Å². The Balaban J connectivity index is 1.63. The molecule has 4 aromatic rings. The van der Waals surface area contributed by atoms with E-state index in [-0.39, 0.29) is 33.9 Å². The number of aromatic hydroxyl groups is 8. The summed E-state index contributed by atoms with van der Waals surface area (Å²) in [5.74, 6) is -5.80. The molecule has 212 valence electrons. The summed E-state index contributed by atoms with van der Waals surface area (Å²) < 4.78 is 11.9. The van der Waals surface area contributed by atoms with Gasteiger partial charge in [-0.3, -0.25) is 0 Å². The molecule has 0 bridgehead atoms. The van der Waals surface area contributed by atoms with Crippen molar-refractivity contribution in [3.8, 4) is 51.7 Å². The first-order valence-corrected chi connectivity index (χ1v) is 13.2. The highest BCUT2D eigenvalue weighted by molar-refractivity contribution is 7.98. The minimum Gasteiger partial charge on any atom is -0.508 e. The van der Waals surface area contributed by atoms with Gasteiger partial charge in [-0.25, -0.2) is 4.79 Å². The molecule has 3 atom stereocenters. The number of phenols is 8. The average Bonchev–Trinajstić information content (AvgIpc) is 2.93. The van der Waals surface area contributed by atoms with Crippen LogP contribution in [-0.4, -0.2) is 52.9 Å². The predicted molar refractivity (Wildman–Crippen MR) is 146 cm³/mol. The Kier molecular flexibility index (Phi) is 7.24. The Morgan fingerprint density at radius 3 is 1.95 bits per heavy atom. The Morgan fingerprint density at radius 1 is 0.756 bits per heavy atom. The van der Waals surface area contributed by atoms with Crippen molar-refractivity contribution in [2.24, 2.45) is 0 Å². The van der Waals surface area contributed by atoms with E-state index in [4.69, 9.17) is 9.47 Å². The minimum absolute atomic E-state index is 0.0392. The van der Waals surface area contributed by atoms with Gasteiger partial charge >= 0.3 is 5.97 Å². The maximum Gasteiger partial charge on any atom is 0.338 e. The lowest BCUT2D eigenvalue weighted by Crippen LogP contribution is -2.37. The van der Waals surface area contributed by atoms with E-state index in [1.165, 1.54) is 17.8 Å². The summed E-state index contributed by atoms with van der Waals surface area (Å²) in [7, 11) is 0. The third-order valence-corrected chi connectivity index (χ3v) is 7.84. The molecule has 0 radical (unpaired) electrons. The lowest BCUT2D eigenvalue weighted by molar-refractivity contribution is -0.0203. The Bertz CT molecular complexity index is 1580. The van der Waals surface area contributed by atoms with Gasteiger partial charge in [0, 0.05) is 23.4 Å². The van der Waals surface area contributed by atoms with Crippen LogP contribution in [0.1, 0.15) is 38.4 Å². The number of ether oxygens (including phenoxy) is 2. The van der Waals surface area contributed by atoms with Crippen LogP contribution in [0.4, 0.5) is 0 Å². The van der Waals surface area contributed by atoms with E-state index in [0.29, 0.717) is 5.75 Å². The van der Waals surface area contributed by atoms with Gasteiger partial charge < -0.3 is 50.3 Å². The highest BCUT2D eigenvalue weighted by atomic mass is 32.2. The van der Waals surface area contributed by atoms with Gasteiger partial charge in [-0.15, -0.1) is 11.8 Å². The highest BCUT2D eigenvalue weighted by Crippen LogP contribution is 2.55. The minimum atomic E-state index is -1.29. The van der Waals surface area contributed by atoms with Crippen molar-refractivity contribution in [1.82, 2.24) is 0 Å². The van der Waals surface area contributed by atoms with E-state index in [1.54, 1.807) is 0 Å². The van der Waals surface area contributed by atoms with Crippen LogP contribution in [-0.2, 0) is 10.5 Å². The maximum absolute atomic E-state index is 13.3. The van der Waals surface area contributed by atoms with Gasteiger partial charge in [-0.2, -0.15) is 0 Å². The van der Waals surface area contributed by atoms with E-state index in [9.17, 15) is 45.6 Å². The molecular weight excluding hydrogens is 556 g/mol. The topological polar surface area (TPSA) is 197 Å². The lowest BCUT2D eigenvalue weighted by atomic mass is 9.92. The third kappa shape index (κ3) is 5.37. The summed E-state index contributed by atoms with van der Waals surface area (Å²) in [5.41, 5.74) is 0.853. The summed E-state index contributed by atoms with van der Waals surface area (Å²) >= 11 is 1.27. The number of hydrogen-bond donors (Lipinski definition) is 8. The highest BCUT2D eigenvalue weighted by Gasteiger charge is 2.45. The van der Waals surface area contributed by atoms with Crippen LogP contribution >= 0.6 is 11.8 Å². The van der Waals surface area contributed by atoms with Gasteiger partial charge in [-0.05, 0) is 29.8 Å². The van der Waals surface area contributed by atoms with Crippen LogP contribution in [0.3, 0.4) is 0 Å². The van der Waals surface area contributed by atoms with Crippen molar-refractivity contribution in [3.63, 3.8) is 0 Å². The molecule has 11 nitrogen and oxygen atoms in total. The summed E-state index contributed by atoms with van der Waals surface area (Å²) in [6, 6.07) is 15.6. The fourth-order valence-corrected chi connectivity index (χ4v) is 5.89. The fourth-order valence-electron chi connectivity index (χ4n) is 4.53. The van der Waals surface area contributed by atoms with E-state index in [2.05, 4.69) is 0 Å². The number of phenolic OH excluding ortho intramolecular Hbond substituents is 8. The predicted octanol–water partition coefficient (Wildman–Crippen LogP) is 4.67. The SMILES string of the molecule is O=C(O[C@H]1[C@@H](c2cc(O)c(O)c(O)c2)Oc2cc(O)cc(O)c2[C@@H]1SCc1ccccc1)c1cc(O)c(O)c(O)c1. The van der Waals surface area contributed by atoms with Gasteiger partial charge in [-0.1, -0.05) is 30.3 Å². The van der Waals surface area contributed by atoms with Crippen LogP contribution < -0.4 is 4.74 Å². The zero-order chi connectivity index (χ0) is 29.4. The van der Waals surface area contributed by atoms with Crippen LogP contribution in [0.15, 0.2) is 66.7 Å². The first-order chi connectivity index (χ1) is 19.5. The summed E-state index contributed by atoms with van der Waals surface area (Å²) in [5, 5.41) is 80.0. The summed E-state index contributed by atoms with van der Waals surface area (Å²) in [4.78, 5) is 13.3. The van der Waals surface area contributed by atoms with Crippen LogP contribution in [0.2, 0.25) is 0 Å². The number of hydrogen-bond acceptors (Lipinski definition) is 12. The average molecular weight is 581 g/mol. The number of rotatable bonds is 6. The Morgan fingerprint density at radius 2 is 1.34 bits per heavy atom. The van der Waals surface area contributed by atoms with Crippen molar-refractivity contribution < 1.29 is 55.1 Å². The molecule has 0 spiro atoms. The molecular formula is C29H24O11S. The molecule has 1 aliphatic heterocycles. The lowest BCUT2D eigenvalue weighted by Gasteiger charge is -2.39. The van der Waals surface area contributed by atoms with Crippen LogP contribution in [0.25, 0.3) is 0 Å². The normalized spacial score (nSPS) is 17.8. The standard InChI is InChI=1S/C29H24O11S/c30-16-10-17(31)23-22(11-16)39-26(14-6-18(32)24(36)19(33)7-14)27(28(23)41-12-13-4-2-1-3-5-13)40-29(38)15-8-20(34)25(37)21(35)9-15/h1-11,26-28,30-37H,12H2/t26-,27+,28+/m1/s1. The Labute approximate surface area is 236 Å². The molecule has 1 aliphatic rings. The van der Waals surface area contributed by atoms with E-state index in [1.807, 2.05) is 30.3 Å². The molecule has 5 rings (SSSR count). The quantitative estimate of drug-likeness (QED) is 0.116. The summed E-state index contributed by atoms with van der Waals surface area (Å²) in [6.45, 7) is 0. The van der Waals surface area contributed by atoms with Crippen molar-refractivity contribution in [2.45, 2.75) is 23.2 Å². The molecule has 0 saturated carbocycles. The maximum atomic E-state index is 13.3. The first kappa shape index (κ1) is 27.5. The molecule has 41 heavy (non-hydrogen) atoms. The molecule has 0 aromatic heterocycles. The van der Waals surface area contributed by atoms with Crippen molar-refractivity contribution >= 4 is 17.7 Å². The van der Waals surface area contributed by atoms with E-state index >= 15 is 0 Å². The molecule has 0 aliphatic carbocycles. The second-order valence-electron chi connectivity index (χ2n) is 9.27. The van der Waals surface area contributed by atoms with Crippen LogP contribution in [0, 0.1) is 0 Å². The molecule has 4 aromatic carbocycles. The molecule has 0 amide bonds. The number of thioether (sulfide) groups is 1. The molecule has 12 heteroatoms. The zero-order valence-corrected chi connectivity index (χ0v) is 21.8. The molecule has 0 unspecified atom stereocenters. The number of fused-ring (bicyclic) bond motifs is 1. The first-order valence-electron chi connectivity index (χ1n) is 12.1. The molecule has 0 saturated heterocycles. The summed E-state index contributed by atoms with van der Waals surface area (Å²) in [6.07, 6.45) is -2.56. The zero-order valence-electron chi connectivity index (χ0n) is 21.0. The largest absolute Gasteiger partial charge is 0.508 e. The van der Waals surface area contributed by atoms with Gasteiger partial charge in [0.15, 0.2) is 46.7 Å². The smallest absolute Gasteiger partial charge is 0.338 e. The number of carbonyl (C=O) groups is 1. The van der Waals surface area contributed by atoms with Gasteiger partial charge in [0.05, 0.1) is 16.4 Å². The van der Waals surface area contributed by atoms with Crippen molar-refractivity contribution in [1.29, 1.82) is 0 Å². The van der Waals surface area contributed by atoms with Gasteiger partial charge in [0.25, 0.3) is 0 Å². The number of benzene rings is 4. The molecule has 8 N–H and O–H groups in total. The monoisotopic (exact) mass is 580 g/mol. The second kappa shape index (κ2) is 10.8. The van der Waals surface area contributed by atoms with Crippen molar-refractivity contribution in [2.75, 3.05) is 0 Å². The molecule has 0 fully saturated rings. The second-order valence-corrected chi connectivity index (χ2v) is 10.4.